The predicted octanol–water partition coefficient (Wildman–Crippen LogP) is 3.76. The predicted molar refractivity (Wildman–Crippen MR) is 110 cm³/mol. The number of para-hydroxylation sites is 1. The SMILES string of the molecule is Cc1ccc(-c2ccc(=O)n(C(C)C(=O)N3CCCc4ccccc43)n2)cc1. The van der Waals surface area contributed by atoms with E-state index in [0.29, 0.717) is 12.2 Å². The first-order chi connectivity index (χ1) is 13.5. The van der Waals surface area contributed by atoms with Gasteiger partial charge in [-0.2, -0.15) is 5.10 Å². The number of fused-ring (bicyclic) bond motifs is 1. The molecule has 0 aliphatic carbocycles. The van der Waals surface area contributed by atoms with Gasteiger partial charge in [0.15, 0.2) is 0 Å². The zero-order valence-corrected chi connectivity index (χ0v) is 16.1. The van der Waals surface area contributed by atoms with Crippen LogP contribution < -0.4 is 10.5 Å². The van der Waals surface area contributed by atoms with Gasteiger partial charge in [-0.25, -0.2) is 4.68 Å². The lowest BCUT2D eigenvalue weighted by molar-refractivity contribution is -0.121. The van der Waals surface area contributed by atoms with Crippen LogP contribution in [0.3, 0.4) is 0 Å². The molecule has 0 saturated heterocycles. The average Bonchev–Trinajstić information content (AvgIpc) is 2.73. The van der Waals surface area contributed by atoms with Crippen LogP contribution in [0.1, 0.15) is 30.5 Å². The summed E-state index contributed by atoms with van der Waals surface area (Å²) in [5.41, 5.74) is 4.59. The Bertz CT molecular complexity index is 1070. The molecular formula is C23H23N3O2. The number of hydrogen-bond acceptors (Lipinski definition) is 3. The number of anilines is 1. The third-order valence-electron chi connectivity index (χ3n) is 5.27. The highest BCUT2D eigenvalue weighted by Gasteiger charge is 2.28. The van der Waals surface area contributed by atoms with Crippen LogP contribution in [0.25, 0.3) is 11.3 Å². The number of amides is 1. The molecule has 142 valence electrons. The Labute approximate surface area is 164 Å². The topological polar surface area (TPSA) is 55.2 Å². The third kappa shape index (κ3) is 3.36. The number of carbonyl (C=O) groups excluding carboxylic acids is 1. The minimum Gasteiger partial charge on any atom is -0.310 e. The number of rotatable bonds is 3. The molecule has 28 heavy (non-hydrogen) atoms. The van der Waals surface area contributed by atoms with Crippen molar-refractivity contribution >= 4 is 11.6 Å². The van der Waals surface area contributed by atoms with E-state index in [9.17, 15) is 9.59 Å². The fourth-order valence-corrected chi connectivity index (χ4v) is 3.67. The van der Waals surface area contributed by atoms with Crippen LogP contribution in [0.5, 0.6) is 0 Å². The van der Waals surface area contributed by atoms with Gasteiger partial charge in [0, 0.05) is 23.9 Å². The molecule has 1 aliphatic rings. The molecule has 5 heteroatoms. The molecule has 0 N–H and O–H groups in total. The highest BCUT2D eigenvalue weighted by atomic mass is 16.2. The van der Waals surface area contributed by atoms with E-state index >= 15 is 0 Å². The van der Waals surface area contributed by atoms with E-state index in [0.717, 1.165) is 29.7 Å². The number of carbonyl (C=O) groups is 1. The molecule has 2 heterocycles. The van der Waals surface area contributed by atoms with Gasteiger partial charge in [-0.1, -0.05) is 48.0 Å². The average molecular weight is 373 g/mol. The maximum absolute atomic E-state index is 13.2. The third-order valence-corrected chi connectivity index (χ3v) is 5.27. The van der Waals surface area contributed by atoms with Crippen LogP contribution >= 0.6 is 0 Å². The van der Waals surface area contributed by atoms with Crippen molar-refractivity contribution in [2.24, 2.45) is 0 Å². The molecule has 0 bridgehead atoms. The van der Waals surface area contributed by atoms with Crippen molar-refractivity contribution in [3.05, 3.63) is 82.1 Å². The fraction of sp³-hybridized carbons (Fsp3) is 0.261. The molecule has 2 aromatic carbocycles. The molecule has 0 radical (unpaired) electrons. The van der Waals surface area contributed by atoms with Crippen LogP contribution in [0.15, 0.2) is 65.5 Å². The lowest BCUT2D eigenvalue weighted by Gasteiger charge is -2.31. The smallest absolute Gasteiger partial charge is 0.267 e. The van der Waals surface area contributed by atoms with Crippen LogP contribution in [0, 0.1) is 6.92 Å². The first-order valence-corrected chi connectivity index (χ1v) is 9.61. The molecule has 0 fully saturated rings. The second-order valence-electron chi connectivity index (χ2n) is 7.27. The molecule has 5 nitrogen and oxygen atoms in total. The number of nitrogens with zero attached hydrogens (tertiary/aromatic N) is 3. The molecule has 3 aromatic rings. The Morgan fingerprint density at radius 2 is 1.79 bits per heavy atom. The van der Waals surface area contributed by atoms with Crippen molar-refractivity contribution in [2.45, 2.75) is 32.7 Å². The van der Waals surface area contributed by atoms with Gasteiger partial charge in [0.25, 0.3) is 11.5 Å². The lowest BCUT2D eigenvalue weighted by Crippen LogP contribution is -2.42. The molecule has 4 rings (SSSR count). The van der Waals surface area contributed by atoms with E-state index in [2.05, 4.69) is 11.2 Å². The van der Waals surface area contributed by atoms with Crippen LogP contribution in [0.4, 0.5) is 5.69 Å². The lowest BCUT2D eigenvalue weighted by atomic mass is 10.0. The van der Waals surface area contributed by atoms with E-state index in [1.54, 1.807) is 17.9 Å². The molecule has 1 aliphatic heterocycles. The standard InChI is InChI=1S/C23H23N3O2/c1-16-9-11-18(12-10-16)20-13-14-22(27)26(24-20)17(2)23(28)25-15-5-7-19-6-3-4-8-21(19)25/h3-4,6,8-14,17H,5,7,15H2,1-2H3. The van der Waals surface area contributed by atoms with Gasteiger partial charge in [-0.3, -0.25) is 9.59 Å². The molecule has 0 saturated carbocycles. The van der Waals surface area contributed by atoms with Gasteiger partial charge < -0.3 is 4.90 Å². The fourth-order valence-electron chi connectivity index (χ4n) is 3.67. The van der Waals surface area contributed by atoms with E-state index < -0.39 is 6.04 Å². The van der Waals surface area contributed by atoms with Gasteiger partial charge in [0.1, 0.15) is 6.04 Å². The summed E-state index contributed by atoms with van der Waals surface area (Å²) >= 11 is 0. The Hall–Kier alpha value is -3.21. The minimum absolute atomic E-state index is 0.109. The Balaban J connectivity index is 1.67. The molecule has 1 aromatic heterocycles. The van der Waals surface area contributed by atoms with Crippen LogP contribution in [-0.2, 0) is 11.2 Å². The summed E-state index contributed by atoms with van der Waals surface area (Å²) in [7, 11) is 0. The highest BCUT2D eigenvalue weighted by Crippen LogP contribution is 2.28. The van der Waals surface area contributed by atoms with Crippen LogP contribution in [-0.4, -0.2) is 22.2 Å². The second kappa shape index (κ2) is 7.43. The highest BCUT2D eigenvalue weighted by molar-refractivity contribution is 5.97. The Morgan fingerprint density at radius 1 is 1.04 bits per heavy atom. The van der Waals surface area contributed by atoms with E-state index in [1.807, 2.05) is 49.4 Å². The van der Waals surface area contributed by atoms with Crippen molar-refractivity contribution in [3.63, 3.8) is 0 Å². The number of hydrogen-bond donors (Lipinski definition) is 0. The zero-order valence-electron chi connectivity index (χ0n) is 16.1. The molecule has 0 spiro atoms. The summed E-state index contributed by atoms with van der Waals surface area (Å²) in [4.78, 5) is 27.5. The minimum atomic E-state index is -0.677. The number of aromatic nitrogens is 2. The maximum Gasteiger partial charge on any atom is 0.267 e. The van der Waals surface area contributed by atoms with Gasteiger partial charge in [0.05, 0.1) is 5.69 Å². The Morgan fingerprint density at radius 3 is 2.57 bits per heavy atom. The zero-order chi connectivity index (χ0) is 19.7. The van der Waals surface area contributed by atoms with Crippen molar-refractivity contribution in [1.82, 2.24) is 9.78 Å². The second-order valence-corrected chi connectivity index (χ2v) is 7.27. The molecule has 1 atom stereocenters. The van der Waals surface area contributed by atoms with Crippen LogP contribution in [0.2, 0.25) is 0 Å². The normalized spacial score (nSPS) is 14.4. The molecular weight excluding hydrogens is 350 g/mol. The first-order valence-electron chi connectivity index (χ1n) is 9.61. The summed E-state index contributed by atoms with van der Waals surface area (Å²) in [6.07, 6.45) is 1.89. The summed E-state index contributed by atoms with van der Waals surface area (Å²) < 4.78 is 1.30. The summed E-state index contributed by atoms with van der Waals surface area (Å²) in [6.45, 7) is 4.43. The summed E-state index contributed by atoms with van der Waals surface area (Å²) in [5.74, 6) is -0.109. The summed E-state index contributed by atoms with van der Waals surface area (Å²) in [5, 5.41) is 4.50. The monoisotopic (exact) mass is 373 g/mol. The first kappa shape index (κ1) is 18.2. The maximum atomic E-state index is 13.2. The number of aryl methyl sites for hydroxylation is 2. The van der Waals surface area contributed by atoms with E-state index in [-0.39, 0.29) is 11.5 Å². The van der Waals surface area contributed by atoms with Crippen molar-refractivity contribution in [2.75, 3.05) is 11.4 Å². The largest absolute Gasteiger partial charge is 0.310 e. The Kier molecular flexibility index (Phi) is 4.82. The molecule has 1 amide bonds. The van der Waals surface area contributed by atoms with Crippen molar-refractivity contribution in [3.8, 4) is 11.3 Å². The van der Waals surface area contributed by atoms with Gasteiger partial charge >= 0.3 is 0 Å². The van der Waals surface area contributed by atoms with Gasteiger partial charge in [0.2, 0.25) is 0 Å². The van der Waals surface area contributed by atoms with E-state index in [4.69, 9.17) is 0 Å². The number of benzene rings is 2. The summed E-state index contributed by atoms with van der Waals surface area (Å²) in [6, 6.07) is 18.4. The van der Waals surface area contributed by atoms with Crippen molar-refractivity contribution in [1.29, 1.82) is 0 Å². The van der Waals surface area contributed by atoms with E-state index in [1.165, 1.54) is 16.3 Å². The van der Waals surface area contributed by atoms with Crippen molar-refractivity contribution < 1.29 is 4.79 Å². The quantitative estimate of drug-likeness (QED) is 0.702. The van der Waals surface area contributed by atoms with Gasteiger partial charge in [-0.05, 0) is 44.4 Å². The van der Waals surface area contributed by atoms with Gasteiger partial charge in [-0.15, -0.1) is 0 Å². The molecule has 1 unspecified atom stereocenters.